The monoisotopic (exact) mass is 250 g/mol. The van der Waals surface area contributed by atoms with E-state index in [1.54, 1.807) is 36.9 Å². The second-order valence-electron chi connectivity index (χ2n) is 3.95. The van der Waals surface area contributed by atoms with Crippen molar-refractivity contribution in [3.8, 4) is 22.6 Å². The normalized spacial score (nSPS) is 10.3. The molecular weight excluding hydrogens is 240 g/mol. The van der Waals surface area contributed by atoms with E-state index in [4.69, 9.17) is 0 Å². The number of H-pyrrole nitrogens is 1. The second-order valence-corrected chi connectivity index (χ2v) is 3.95. The minimum absolute atomic E-state index is 0.186. The van der Waals surface area contributed by atoms with E-state index in [1.165, 1.54) is 6.07 Å². The van der Waals surface area contributed by atoms with Gasteiger partial charge < -0.3 is 4.98 Å². The molecule has 3 rings (SSSR count). The van der Waals surface area contributed by atoms with Gasteiger partial charge in [-0.25, -0.2) is 4.98 Å². The predicted molar refractivity (Wildman–Crippen MR) is 71.3 cm³/mol. The van der Waals surface area contributed by atoms with Gasteiger partial charge in [0.25, 0.3) is 5.56 Å². The number of aromatic nitrogens is 4. The van der Waals surface area contributed by atoms with Crippen molar-refractivity contribution in [1.29, 1.82) is 0 Å². The molecule has 0 saturated carbocycles. The maximum absolute atomic E-state index is 11.7. The molecule has 5 heteroatoms. The topological polar surface area (TPSA) is 71.5 Å². The molecule has 0 saturated heterocycles. The molecule has 0 fully saturated rings. The molecule has 0 radical (unpaired) electrons. The first kappa shape index (κ1) is 11.3. The highest BCUT2D eigenvalue weighted by Crippen LogP contribution is 2.17. The summed E-state index contributed by atoms with van der Waals surface area (Å²) < 4.78 is 0. The molecule has 0 unspecified atom stereocenters. The molecule has 92 valence electrons. The Hall–Kier alpha value is -2.82. The molecule has 0 bridgehead atoms. The third-order valence-electron chi connectivity index (χ3n) is 2.67. The first-order valence-corrected chi connectivity index (χ1v) is 5.75. The Morgan fingerprint density at radius 3 is 2.05 bits per heavy atom. The van der Waals surface area contributed by atoms with Crippen molar-refractivity contribution in [2.45, 2.75) is 0 Å². The SMILES string of the molecule is O=c1cc(-c2ccncc2)nc(-c2ccncc2)[nH]1. The number of nitrogens with zero attached hydrogens (tertiary/aromatic N) is 3. The standard InChI is InChI=1S/C14H10N4O/c19-13-9-12(10-1-5-15-6-2-10)17-14(18-13)11-3-7-16-8-4-11/h1-9H,(H,17,18,19). The summed E-state index contributed by atoms with van der Waals surface area (Å²) in [5, 5.41) is 0. The van der Waals surface area contributed by atoms with E-state index in [9.17, 15) is 4.79 Å². The lowest BCUT2D eigenvalue weighted by Gasteiger charge is -2.04. The van der Waals surface area contributed by atoms with Gasteiger partial charge >= 0.3 is 0 Å². The molecule has 3 aromatic heterocycles. The predicted octanol–water partition coefficient (Wildman–Crippen LogP) is 1.89. The van der Waals surface area contributed by atoms with Crippen molar-refractivity contribution in [2.75, 3.05) is 0 Å². The van der Waals surface area contributed by atoms with Gasteiger partial charge in [-0.2, -0.15) is 0 Å². The van der Waals surface area contributed by atoms with Crippen LogP contribution < -0.4 is 5.56 Å². The summed E-state index contributed by atoms with van der Waals surface area (Å²) in [5.41, 5.74) is 2.12. The van der Waals surface area contributed by atoms with E-state index in [0.29, 0.717) is 11.5 Å². The molecule has 3 aromatic rings. The average Bonchev–Trinajstić information content (AvgIpc) is 2.48. The lowest BCUT2D eigenvalue weighted by atomic mass is 10.2. The Morgan fingerprint density at radius 1 is 0.842 bits per heavy atom. The molecule has 0 aliphatic carbocycles. The first-order valence-electron chi connectivity index (χ1n) is 5.75. The highest BCUT2D eigenvalue weighted by Gasteiger charge is 2.05. The third kappa shape index (κ3) is 2.40. The molecule has 0 spiro atoms. The van der Waals surface area contributed by atoms with Gasteiger partial charge in [0.2, 0.25) is 0 Å². The molecule has 0 aliphatic heterocycles. The van der Waals surface area contributed by atoms with E-state index in [2.05, 4.69) is 19.9 Å². The quantitative estimate of drug-likeness (QED) is 0.754. The van der Waals surface area contributed by atoms with Crippen LogP contribution in [0.2, 0.25) is 0 Å². The Labute approximate surface area is 109 Å². The number of hydrogen-bond acceptors (Lipinski definition) is 4. The van der Waals surface area contributed by atoms with Crippen LogP contribution >= 0.6 is 0 Å². The van der Waals surface area contributed by atoms with Crippen molar-refractivity contribution in [2.24, 2.45) is 0 Å². The van der Waals surface area contributed by atoms with Crippen molar-refractivity contribution in [1.82, 2.24) is 19.9 Å². The summed E-state index contributed by atoms with van der Waals surface area (Å²) in [6, 6.07) is 8.71. The zero-order valence-corrected chi connectivity index (χ0v) is 9.95. The summed E-state index contributed by atoms with van der Waals surface area (Å²) in [5.74, 6) is 0.529. The van der Waals surface area contributed by atoms with E-state index in [1.807, 2.05) is 12.1 Å². The number of rotatable bonds is 2. The van der Waals surface area contributed by atoms with Gasteiger partial charge in [-0.3, -0.25) is 14.8 Å². The lowest BCUT2D eigenvalue weighted by molar-refractivity contribution is 1.13. The minimum Gasteiger partial charge on any atom is -0.306 e. The molecular formula is C14H10N4O. The van der Waals surface area contributed by atoms with E-state index >= 15 is 0 Å². The minimum atomic E-state index is -0.186. The molecule has 1 N–H and O–H groups in total. The Balaban J connectivity index is 2.15. The fourth-order valence-electron chi connectivity index (χ4n) is 1.77. The van der Waals surface area contributed by atoms with E-state index in [-0.39, 0.29) is 5.56 Å². The highest BCUT2D eigenvalue weighted by atomic mass is 16.1. The fourth-order valence-corrected chi connectivity index (χ4v) is 1.77. The number of hydrogen-bond donors (Lipinski definition) is 1. The van der Waals surface area contributed by atoms with Gasteiger partial charge in [-0.05, 0) is 24.3 Å². The molecule has 0 aliphatic rings. The van der Waals surface area contributed by atoms with Crippen LogP contribution in [0.5, 0.6) is 0 Å². The molecule has 19 heavy (non-hydrogen) atoms. The van der Waals surface area contributed by atoms with Crippen LogP contribution in [-0.2, 0) is 0 Å². The summed E-state index contributed by atoms with van der Waals surface area (Å²) in [4.78, 5) is 26.8. The largest absolute Gasteiger partial charge is 0.306 e. The molecule has 0 aromatic carbocycles. The molecule has 0 atom stereocenters. The van der Waals surface area contributed by atoms with Gasteiger partial charge in [0, 0.05) is 42.0 Å². The number of aromatic amines is 1. The van der Waals surface area contributed by atoms with Crippen LogP contribution in [0.25, 0.3) is 22.6 Å². The summed E-state index contributed by atoms with van der Waals surface area (Å²) >= 11 is 0. The van der Waals surface area contributed by atoms with Crippen LogP contribution in [-0.4, -0.2) is 19.9 Å². The zero-order valence-electron chi connectivity index (χ0n) is 9.95. The fraction of sp³-hybridized carbons (Fsp3) is 0. The molecule has 0 amide bonds. The second kappa shape index (κ2) is 4.81. The lowest BCUT2D eigenvalue weighted by Crippen LogP contribution is -2.08. The smallest absolute Gasteiger partial charge is 0.251 e. The van der Waals surface area contributed by atoms with E-state index < -0.39 is 0 Å². The maximum Gasteiger partial charge on any atom is 0.251 e. The van der Waals surface area contributed by atoms with E-state index in [0.717, 1.165) is 11.1 Å². The van der Waals surface area contributed by atoms with Crippen LogP contribution in [0.4, 0.5) is 0 Å². The summed E-state index contributed by atoms with van der Waals surface area (Å²) in [6.45, 7) is 0. The van der Waals surface area contributed by atoms with Gasteiger partial charge in [-0.1, -0.05) is 0 Å². The molecule has 3 heterocycles. The zero-order chi connectivity index (χ0) is 13.1. The van der Waals surface area contributed by atoms with Crippen LogP contribution in [0.1, 0.15) is 0 Å². The Bertz CT molecular complexity index is 677. The first-order chi connectivity index (χ1) is 9.33. The van der Waals surface area contributed by atoms with Gasteiger partial charge in [-0.15, -0.1) is 0 Å². The van der Waals surface area contributed by atoms with Gasteiger partial charge in [0.05, 0.1) is 5.69 Å². The van der Waals surface area contributed by atoms with Crippen molar-refractivity contribution < 1.29 is 0 Å². The maximum atomic E-state index is 11.7. The van der Waals surface area contributed by atoms with Gasteiger partial charge in [0.15, 0.2) is 0 Å². The summed E-state index contributed by atoms with van der Waals surface area (Å²) in [6.07, 6.45) is 6.66. The van der Waals surface area contributed by atoms with Crippen LogP contribution in [0, 0.1) is 0 Å². The van der Waals surface area contributed by atoms with Crippen molar-refractivity contribution in [3.05, 3.63) is 65.5 Å². The van der Waals surface area contributed by atoms with Crippen molar-refractivity contribution in [3.63, 3.8) is 0 Å². The number of nitrogens with one attached hydrogen (secondary N) is 1. The Kier molecular flexibility index (Phi) is 2.86. The van der Waals surface area contributed by atoms with Gasteiger partial charge in [0.1, 0.15) is 5.82 Å². The number of pyridine rings is 2. The van der Waals surface area contributed by atoms with Crippen molar-refractivity contribution >= 4 is 0 Å². The average molecular weight is 250 g/mol. The summed E-state index contributed by atoms with van der Waals surface area (Å²) in [7, 11) is 0. The Morgan fingerprint density at radius 2 is 1.42 bits per heavy atom. The third-order valence-corrected chi connectivity index (χ3v) is 2.67. The van der Waals surface area contributed by atoms with Crippen LogP contribution in [0.3, 0.4) is 0 Å². The molecule has 5 nitrogen and oxygen atoms in total. The highest BCUT2D eigenvalue weighted by molar-refractivity contribution is 5.62. The van der Waals surface area contributed by atoms with Crippen LogP contribution in [0.15, 0.2) is 59.9 Å².